The van der Waals surface area contributed by atoms with Gasteiger partial charge in [-0.05, 0) is 38.8 Å². The van der Waals surface area contributed by atoms with Crippen LogP contribution >= 0.6 is 15.2 Å². The van der Waals surface area contributed by atoms with Gasteiger partial charge in [0.1, 0.15) is 0 Å². The maximum absolute atomic E-state index is 12.0. The Balaban J connectivity index is 2.45. The molecule has 0 bridgehead atoms. The van der Waals surface area contributed by atoms with Gasteiger partial charge in [-0.3, -0.25) is 9.13 Å². The third kappa shape index (κ3) is 6.83. The van der Waals surface area contributed by atoms with Gasteiger partial charge in [0.2, 0.25) is 0 Å². The summed E-state index contributed by atoms with van der Waals surface area (Å²) in [6.45, 7) is 6.08. The first-order valence-electron chi connectivity index (χ1n) is 10.3. The van der Waals surface area contributed by atoms with Gasteiger partial charge in [-0.25, -0.2) is 0 Å². The van der Waals surface area contributed by atoms with E-state index < -0.39 is 37.6 Å². The molecule has 2 aromatic rings. The van der Waals surface area contributed by atoms with Crippen LogP contribution in [0.15, 0.2) is 60.7 Å². The molecule has 0 amide bonds. The van der Waals surface area contributed by atoms with E-state index in [1.807, 2.05) is 60.7 Å². The summed E-state index contributed by atoms with van der Waals surface area (Å²) in [5.74, 6) is 0. The summed E-state index contributed by atoms with van der Waals surface area (Å²) in [5.41, 5.74) is 1.76. The van der Waals surface area contributed by atoms with Crippen molar-refractivity contribution in [1.29, 1.82) is 0 Å². The molecular formula is C22H34N2O6P2. The maximum atomic E-state index is 12.0. The Kier molecular flexibility index (Phi) is 8.65. The minimum Gasteiger partial charge on any atom is -0.324 e. The Morgan fingerprint density at radius 1 is 0.656 bits per heavy atom. The molecule has 0 radical (unpaired) electrons. The average molecular weight is 484 g/mol. The van der Waals surface area contributed by atoms with E-state index in [0.717, 1.165) is 11.1 Å². The SMILES string of the molecule is CC(C)(CN[C@H](c1ccccc1)[C@H](NCC(C)(C)P(=O)(O)O)c1ccccc1)P(=O)(O)O. The van der Waals surface area contributed by atoms with Crippen molar-refractivity contribution in [2.75, 3.05) is 13.1 Å². The van der Waals surface area contributed by atoms with Gasteiger partial charge in [-0.1, -0.05) is 60.7 Å². The fourth-order valence-corrected chi connectivity index (χ4v) is 3.70. The fraction of sp³-hybridized carbons (Fsp3) is 0.455. The first-order chi connectivity index (χ1) is 14.7. The van der Waals surface area contributed by atoms with Crippen molar-refractivity contribution in [2.45, 2.75) is 50.1 Å². The van der Waals surface area contributed by atoms with Crippen LogP contribution < -0.4 is 10.6 Å². The molecule has 0 aliphatic rings. The van der Waals surface area contributed by atoms with Crippen LogP contribution in [0.1, 0.15) is 50.9 Å². The van der Waals surface area contributed by atoms with Gasteiger partial charge in [0.15, 0.2) is 0 Å². The van der Waals surface area contributed by atoms with E-state index in [1.165, 1.54) is 27.7 Å². The van der Waals surface area contributed by atoms with Gasteiger partial charge in [0, 0.05) is 13.1 Å². The Morgan fingerprint density at radius 2 is 0.938 bits per heavy atom. The van der Waals surface area contributed by atoms with Crippen LogP contribution in [-0.2, 0) is 9.13 Å². The highest BCUT2D eigenvalue weighted by Crippen LogP contribution is 2.51. The van der Waals surface area contributed by atoms with Crippen molar-refractivity contribution in [3.63, 3.8) is 0 Å². The van der Waals surface area contributed by atoms with Crippen LogP contribution in [0.2, 0.25) is 0 Å². The zero-order chi connectivity index (χ0) is 24.2. The highest BCUT2D eigenvalue weighted by Gasteiger charge is 2.40. The van der Waals surface area contributed by atoms with Gasteiger partial charge in [0.25, 0.3) is 0 Å². The zero-order valence-electron chi connectivity index (χ0n) is 18.8. The smallest absolute Gasteiger partial charge is 0.324 e. The van der Waals surface area contributed by atoms with Crippen molar-refractivity contribution in [3.05, 3.63) is 71.8 Å². The highest BCUT2D eigenvalue weighted by molar-refractivity contribution is 7.53. The lowest BCUT2D eigenvalue weighted by molar-refractivity contribution is 0.301. The Hall–Kier alpha value is -1.34. The summed E-state index contributed by atoms with van der Waals surface area (Å²) < 4.78 is 23.9. The van der Waals surface area contributed by atoms with Crippen LogP contribution in [0.3, 0.4) is 0 Å². The Morgan fingerprint density at radius 3 is 1.19 bits per heavy atom. The number of benzene rings is 2. The predicted molar refractivity (Wildman–Crippen MR) is 127 cm³/mol. The summed E-state index contributed by atoms with van der Waals surface area (Å²) in [5, 5.41) is 4.02. The summed E-state index contributed by atoms with van der Waals surface area (Å²) >= 11 is 0. The minimum atomic E-state index is -4.37. The fourth-order valence-electron chi connectivity index (χ4n) is 3.10. The summed E-state index contributed by atoms with van der Waals surface area (Å²) in [6, 6.07) is 18.1. The molecule has 0 fully saturated rings. The van der Waals surface area contributed by atoms with Gasteiger partial charge in [-0.2, -0.15) is 0 Å². The lowest BCUT2D eigenvalue weighted by Crippen LogP contribution is -2.45. The summed E-state index contributed by atoms with van der Waals surface area (Å²) in [7, 11) is -8.74. The molecule has 6 N–H and O–H groups in total. The third-order valence-corrected chi connectivity index (χ3v) is 9.21. The molecule has 0 aliphatic heterocycles. The predicted octanol–water partition coefficient (Wildman–Crippen LogP) is 3.56. The van der Waals surface area contributed by atoms with Gasteiger partial charge >= 0.3 is 15.2 Å². The lowest BCUT2D eigenvalue weighted by Gasteiger charge is -2.36. The average Bonchev–Trinajstić information content (AvgIpc) is 2.70. The van der Waals surface area contributed by atoms with Crippen LogP contribution in [0, 0.1) is 0 Å². The normalized spacial score (nSPS) is 15.4. The van der Waals surface area contributed by atoms with E-state index >= 15 is 0 Å². The molecule has 0 saturated heterocycles. The molecule has 0 saturated carbocycles. The molecule has 2 rings (SSSR count). The molecule has 0 aliphatic carbocycles. The van der Waals surface area contributed by atoms with Crippen molar-refractivity contribution in [3.8, 4) is 0 Å². The molecule has 2 aromatic carbocycles. The van der Waals surface area contributed by atoms with Gasteiger partial charge in [0.05, 0.1) is 22.4 Å². The molecule has 2 atom stereocenters. The number of rotatable bonds is 11. The van der Waals surface area contributed by atoms with Crippen LogP contribution in [0.5, 0.6) is 0 Å². The quantitative estimate of drug-likeness (QED) is 0.266. The molecule has 0 unspecified atom stereocenters. The van der Waals surface area contributed by atoms with Crippen molar-refractivity contribution in [2.24, 2.45) is 0 Å². The van der Waals surface area contributed by atoms with Crippen LogP contribution in [0.4, 0.5) is 0 Å². The second-order valence-electron chi connectivity index (χ2n) is 9.25. The number of hydrogen-bond acceptors (Lipinski definition) is 4. The van der Waals surface area contributed by atoms with Crippen molar-refractivity contribution < 1.29 is 28.7 Å². The Bertz CT molecular complexity index is 877. The van der Waals surface area contributed by atoms with E-state index in [9.17, 15) is 28.7 Å². The van der Waals surface area contributed by atoms with Gasteiger partial charge in [-0.15, -0.1) is 0 Å². The van der Waals surface area contributed by atoms with E-state index in [1.54, 1.807) is 0 Å². The number of nitrogens with one attached hydrogen (secondary N) is 2. The molecular weight excluding hydrogens is 450 g/mol. The van der Waals surface area contributed by atoms with E-state index in [-0.39, 0.29) is 13.1 Å². The Labute approximate surface area is 189 Å². The summed E-state index contributed by atoms with van der Waals surface area (Å²) in [6.07, 6.45) is 0. The first-order valence-corrected chi connectivity index (χ1v) is 13.6. The zero-order valence-corrected chi connectivity index (χ0v) is 20.6. The monoisotopic (exact) mass is 484 g/mol. The van der Waals surface area contributed by atoms with Crippen LogP contribution in [0.25, 0.3) is 0 Å². The molecule has 10 heteroatoms. The first kappa shape index (κ1) is 26.9. The standard InChI is InChI=1S/C22H34N2O6P2/c1-21(2,31(25,26)27)15-23-19(17-11-7-5-8-12-17)20(18-13-9-6-10-14-18)24-16-22(3,4)32(28,29)30/h5-14,19-20,23-24H,15-16H2,1-4H3,(H2,25,26,27)(H2,28,29,30)/t19-,20-/m1/s1. The second-order valence-corrected chi connectivity index (χ2v) is 13.8. The molecule has 8 nitrogen and oxygen atoms in total. The highest BCUT2D eigenvalue weighted by atomic mass is 31.2. The molecule has 178 valence electrons. The van der Waals surface area contributed by atoms with Gasteiger partial charge < -0.3 is 30.2 Å². The lowest BCUT2D eigenvalue weighted by atomic mass is 9.92. The third-order valence-electron chi connectivity index (χ3n) is 5.74. The number of hydrogen-bond donors (Lipinski definition) is 6. The molecule has 0 spiro atoms. The topological polar surface area (TPSA) is 139 Å². The van der Waals surface area contributed by atoms with Crippen LogP contribution in [-0.4, -0.2) is 43.0 Å². The minimum absolute atomic E-state index is 0.0315. The molecule has 0 heterocycles. The summed E-state index contributed by atoms with van der Waals surface area (Å²) in [4.78, 5) is 39.0. The second kappa shape index (κ2) is 10.3. The largest absolute Gasteiger partial charge is 0.332 e. The van der Waals surface area contributed by atoms with E-state index in [0.29, 0.717) is 0 Å². The molecule has 0 aromatic heterocycles. The van der Waals surface area contributed by atoms with Crippen molar-refractivity contribution in [1.82, 2.24) is 10.6 Å². The van der Waals surface area contributed by atoms with E-state index in [4.69, 9.17) is 0 Å². The molecule has 32 heavy (non-hydrogen) atoms. The van der Waals surface area contributed by atoms with E-state index in [2.05, 4.69) is 10.6 Å². The maximum Gasteiger partial charge on any atom is 0.332 e. The van der Waals surface area contributed by atoms with Crippen molar-refractivity contribution >= 4 is 15.2 Å².